The van der Waals surface area contributed by atoms with Crippen molar-refractivity contribution in [1.29, 1.82) is 0 Å². The van der Waals surface area contributed by atoms with Crippen LogP contribution in [-0.4, -0.2) is 50.0 Å². The van der Waals surface area contributed by atoms with Gasteiger partial charge in [-0.2, -0.15) is 0 Å². The molecule has 1 saturated heterocycles. The summed E-state index contributed by atoms with van der Waals surface area (Å²) in [6.45, 7) is 3.66. The molecule has 2 aromatic rings. The standard InChI is InChI=1S/C21H25N3O5/c1-3-10(2)18(21(28)29)23-20(27)16-9-13-12-8-11(25)4-5-14(12)22-19(13)15-6-7-17(26)24(15)16/h4-5,8,10,15-16,18,22,25H,3,6-7,9H2,1-2H3,(H,23,27)(H,28,29)/t10-,15+,16-,18-/m0/s1. The van der Waals surface area contributed by atoms with E-state index in [9.17, 15) is 24.6 Å². The zero-order chi connectivity index (χ0) is 20.9. The number of carbonyl (C=O) groups excluding carboxylic acids is 2. The third kappa shape index (κ3) is 3.12. The molecule has 4 atom stereocenters. The van der Waals surface area contributed by atoms with Gasteiger partial charge in [-0.1, -0.05) is 20.3 Å². The molecule has 2 amide bonds. The number of nitrogens with one attached hydrogen (secondary N) is 2. The minimum atomic E-state index is -1.08. The molecule has 8 heteroatoms. The van der Waals surface area contributed by atoms with Crippen molar-refractivity contribution in [2.45, 2.75) is 57.7 Å². The lowest BCUT2D eigenvalue weighted by Crippen LogP contribution is -2.56. The number of aromatic nitrogens is 1. The number of fused-ring (bicyclic) bond motifs is 5. The van der Waals surface area contributed by atoms with Gasteiger partial charge in [-0.25, -0.2) is 4.79 Å². The Morgan fingerprint density at radius 2 is 2.14 bits per heavy atom. The fraction of sp³-hybridized carbons (Fsp3) is 0.476. The van der Waals surface area contributed by atoms with E-state index in [0.29, 0.717) is 19.3 Å². The van der Waals surface area contributed by atoms with Gasteiger partial charge in [0.2, 0.25) is 11.8 Å². The van der Waals surface area contributed by atoms with E-state index in [4.69, 9.17) is 0 Å². The number of hydrogen-bond donors (Lipinski definition) is 4. The Balaban J connectivity index is 1.72. The molecular formula is C21H25N3O5. The molecule has 0 bridgehead atoms. The van der Waals surface area contributed by atoms with Crippen LogP contribution in [0.25, 0.3) is 10.9 Å². The van der Waals surface area contributed by atoms with Gasteiger partial charge < -0.3 is 25.4 Å². The van der Waals surface area contributed by atoms with Gasteiger partial charge in [-0.15, -0.1) is 0 Å². The Bertz CT molecular complexity index is 998. The number of carboxylic acid groups (broad SMARTS) is 1. The van der Waals surface area contributed by atoms with Crippen molar-refractivity contribution in [2.24, 2.45) is 5.92 Å². The number of phenolic OH excluding ortho intramolecular Hbond substituents is 1. The van der Waals surface area contributed by atoms with Crippen LogP contribution in [0.3, 0.4) is 0 Å². The van der Waals surface area contributed by atoms with Gasteiger partial charge >= 0.3 is 5.97 Å². The highest BCUT2D eigenvalue weighted by Gasteiger charge is 2.46. The Morgan fingerprint density at radius 1 is 1.38 bits per heavy atom. The number of carbonyl (C=O) groups is 3. The molecule has 1 fully saturated rings. The summed E-state index contributed by atoms with van der Waals surface area (Å²) in [5.74, 6) is -1.72. The molecule has 4 N–H and O–H groups in total. The molecule has 0 aliphatic carbocycles. The SMILES string of the molecule is CC[C@H](C)[C@H](NC(=O)[C@@H]1Cc2c([nH]c3ccc(O)cc23)[C@H]2CCC(=O)N21)C(=O)O. The summed E-state index contributed by atoms with van der Waals surface area (Å²) >= 11 is 0. The number of aromatic hydroxyl groups is 1. The van der Waals surface area contributed by atoms with E-state index in [1.807, 2.05) is 6.92 Å². The zero-order valence-electron chi connectivity index (χ0n) is 16.4. The smallest absolute Gasteiger partial charge is 0.326 e. The van der Waals surface area contributed by atoms with Crippen LogP contribution in [0.2, 0.25) is 0 Å². The van der Waals surface area contributed by atoms with Gasteiger partial charge in [0.1, 0.15) is 17.8 Å². The Morgan fingerprint density at radius 3 is 2.83 bits per heavy atom. The number of amides is 2. The molecule has 1 aromatic carbocycles. The highest BCUT2D eigenvalue weighted by atomic mass is 16.4. The van der Waals surface area contributed by atoms with Crippen molar-refractivity contribution in [3.8, 4) is 5.75 Å². The number of H-pyrrole nitrogens is 1. The highest BCUT2D eigenvalue weighted by molar-refractivity contribution is 5.94. The summed E-state index contributed by atoms with van der Waals surface area (Å²) in [7, 11) is 0. The minimum Gasteiger partial charge on any atom is -0.508 e. The van der Waals surface area contributed by atoms with Crippen LogP contribution < -0.4 is 5.32 Å². The van der Waals surface area contributed by atoms with Crippen molar-refractivity contribution >= 4 is 28.7 Å². The first-order valence-corrected chi connectivity index (χ1v) is 9.99. The van der Waals surface area contributed by atoms with E-state index in [-0.39, 0.29) is 30.0 Å². The first-order valence-electron chi connectivity index (χ1n) is 9.99. The van der Waals surface area contributed by atoms with Gasteiger partial charge in [-0.3, -0.25) is 9.59 Å². The largest absolute Gasteiger partial charge is 0.508 e. The van der Waals surface area contributed by atoms with Gasteiger partial charge in [0.05, 0.1) is 6.04 Å². The highest BCUT2D eigenvalue weighted by Crippen LogP contribution is 2.43. The lowest BCUT2D eigenvalue weighted by Gasteiger charge is -2.37. The minimum absolute atomic E-state index is 0.0993. The summed E-state index contributed by atoms with van der Waals surface area (Å²) in [6.07, 6.45) is 1.84. The Hall–Kier alpha value is -3.03. The second kappa shape index (κ2) is 7.09. The van der Waals surface area contributed by atoms with Crippen LogP contribution in [-0.2, 0) is 20.8 Å². The van der Waals surface area contributed by atoms with Crippen molar-refractivity contribution in [3.05, 3.63) is 29.5 Å². The Kier molecular flexibility index (Phi) is 4.72. The Labute approximate surface area is 167 Å². The quantitative estimate of drug-likeness (QED) is 0.613. The van der Waals surface area contributed by atoms with Gasteiger partial charge in [0.25, 0.3) is 0 Å². The number of rotatable bonds is 5. The summed E-state index contributed by atoms with van der Waals surface area (Å²) in [5.41, 5.74) is 2.65. The predicted molar refractivity (Wildman–Crippen MR) is 105 cm³/mol. The molecule has 29 heavy (non-hydrogen) atoms. The van der Waals surface area contributed by atoms with Gasteiger partial charge in [-0.05, 0) is 36.1 Å². The fourth-order valence-electron chi connectivity index (χ4n) is 4.58. The van der Waals surface area contributed by atoms with Crippen LogP contribution >= 0.6 is 0 Å². The molecule has 0 saturated carbocycles. The van der Waals surface area contributed by atoms with Crippen molar-refractivity contribution < 1.29 is 24.6 Å². The van der Waals surface area contributed by atoms with Crippen molar-refractivity contribution in [2.75, 3.05) is 0 Å². The summed E-state index contributed by atoms with van der Waals surface area (Å²) in [4.78, 5) is 42.3. The topological polar surface area (TPSA) is 123 Å². The van der Waals surface area contributed by atoms with E-state index in [1.54, 1.807) is 30.0 Å². The molecular weight excluding hydrogens is 374 g/mol. The zero-order valence-corrected chi connectivity index (χ0v) is 16.4. The monoisotopic (exact) mass is 399 g/mol. The van der Waals surface area contributed by atoms with E-state index >= 15 is 0 Å². The van der Waals surface area contributed by atoms with Crippen LogP contribution in [0.1, 0.15) is 50.4 Å². The van der Waals surface area contributed by atoms with Crippen LogP contribution in [0.5, 0.6) is 5.75 Å². The molecule has 154 valence electrons. The second-order valence-electron chi connectivity index (χ2n) is 8.03. The lowest BCUT2D eigenvalue weighted by atomic mass is 9.91. The van der Waals surface area contributed by atoms with Crippen molar-refractivity contribution in [3.63, 3.8) is 0 Å². The second-order valence-corrected chi connectivity index (χ2v) is 8.03. The van der Waals surface area contributed by atoms with Crippen LogP contribution in [0.15, 0.2) is 18.2 Å². The number of aromatic amines is 1. The average molecular weight is 399 g/mol. The maximum absolute atomic E-state index is 13.1. The number of benzene rings is 1. The number of aliphatic carboxylic acids is 1. The van der Waals surface area contributed by atoms with Gasteiger partial charge in [0, 0.05) is 29.4 Å². The molecule has 4 rings (SSSR count). The molecule has 1 aromatic heterocycles. The van der Waals surface area contributed by atoms with Crippen molar-refractivity contribution in [1.82, 2.24) is 15.2 Å². The maximum atomic E-state index is 13.1. The van der Waals surface area contributed by atoms with E-state index in [2.05, 4.69) is 10.3 Å². The fourth-order valence-corrected chi connectivity index (χ4v) is 4.58. The lowest BCUT2D eigenvalue weighted by molar-refractivity contribution is -0.146. The number of carboxylic acids is 1. The molecule has 8 nitrogen and oxygen atoms in total. The third-order valence-electron chi connectivity index (χ3n) is 6.32. The maximum Gasteiger partial charge on any atom is 0.326 e. The van der Waals surface area contributed by atoms with Crippen LogP contribution in [0.4, 0.5) is 0 Å². The predicted octanol–water partition coefficient (Wildman–Crippen LogP) is 2.08. The normalized spacial score (nSPS) is 22.8. The first-order chi connectivity index (χ1) is 13.8. The number of phenols is 1. The van der Waals surface area contributed by atoms with E-state index in [1.165, 1.54) is 0 Å². The van der Waals surface area contributed by atoms with Crippen LogP contribution in [0, 0.1) is 5.92 Å². The first kappa shape index (κ1) is 19.3. The third-order valence-corrected chi connectivity index (χ3v) is 6.32. The van der Waals surface area contributed by atoms with Gasteiger partial charge in [0.15, 0.2) is 0 Å². The molecule has 3 heterocycles. The summed E-state index contributed by atoms with van der Waals surface area (Å²) in [6, 6.07) is 3.01. The summed E-state index contributed by atoms with van der Waals surface area (Å²) < 4.78 is 0. The number of hydrogen-bond acceptors (Lipinski definition) is 4. The molecule has 2 aliphatic rings. The summed E-state index contributed by atoms with van der Waals surface area (Å²) in [5, 5.41) is 22.9. The molecule has 0 spiro atoms. The van der Waals surface area contributed by atoms with E-state index in [0.717, 1.165) is 22.2 Å². The van der Waals surface area contributed by atoms with E-state index < -0.39 is 24.0 Å². The average Bonchev–Trinajstić information content (AvgIpc) is 3.25. The molecule has 0 radical (unpaired) electrons. The number of nitrogens with zero attached hydrogens (tertiary/aromatic N) is 1. The molecule has 2 aliphatic heterocycles. The molecule has 0 unspecified atom stereocenters.